The Morgan fingerprint density at radius 2 is 2.12 bits per heavy atom. The molecule has 2 N–H and O–H groups in total. The smallest absolute Gasteiger partial charge is 0.261 e. The number of amides is 1. The number of carbonyl (C=O) groups is 1. The minimum absolute atomic E-state index is 0.146. The van der Waals surface area contributed by atoms with Crippen LogP contribution in [0.2, 0.25) is 0 Å². The van der Waals surface area contributed by atoms with Gasteiger partial charge >= 0.3 is 0 Å². The minimum atomic E-state index is -1.05. The molecule has 4 nitrogen and oxygen atoms in total. The van der Waals surface area contributed by atoms with E-state index in [9.17, 15) is 14.3 Å². The zero-order valence-corrected chi connectivity index (χ0v) is 13.8. The number of hydrogen-bond donors (Lipinski definition) is 2. The molecule has 1 aliphatic carbocycles. The molecule has 4 rings (SSSR count). The van der Waals surface area contributed by atoms with Crippen molar-refractivity contribution < 1.29 is 19.0 Å². The molecular weight excluding hydrogens is 321 g/mol. The summed E-state index contributed by atoms with van der Waals surface area (Å²) in [7, 11) is 0. The summed E-state index contributed by atoms with van der Waals surface area (Å²) in [5, 5.41) is 13.8. The van der Waals surface area contributed by atoms with Crippen LogP contribution in [-0.2, 0) is 23.2 Å². The summed E-state index contributed by atoms with van der Waals surface area (Å²) in [5.41, 5.74) is 1.66. The van der Waals surface area contributed by atoms with Gasteiger partial charge < -0.3 is 15.2 Å². The topological polar surface area (TPSA) is 58.6 Å². The number of fused-ring (bicyclic) bond motifs is 2. The Labute approximate surface area is 145 Å². The van der Waals surface area contributed by atoms with Gasteiger partial charge in [0.15, 0.2) is 6.10 Å². The van der Waals surface area contributed by atoms with Crippen molar-refractivity contribution in [3.8, 4) is 5.75 Å². The van der Waals surface area contributed by atoms with Gasteiger partial charge in [0, 0.05) is 12.0 Å². The molecule has 25 heavy (non-hydrogen) atoms. The van der Waals surface area contributed by atoms with Gasteiger partial charge in [0.1, 0.15) is 17.2 Å². The predicted octanol–water partition coefficient (Wildman–Crippen LogP) is 2.47. The number of halogens is 1. The summed E-state index contributed by atoms with van der Waals surface area (Å²) >= 11 is 0. The van der Waals surface area contributed by atoms with Crippen molar-refractivity contribution in [3.05, 3.63) is 65.0 Å². The Hall–Kier alpha value is -2.40. The molecule has 1 aliphatic heterocycles. The third-order valence-electron chi connectivity index (χ3n) is 5.10. The van der Waals surface area contributed by atoms with E-state index in [1.807, 2.05) is 24.3 Å². The van der Waals surface area contributed by atoms with Crippen LogP contribution < -0.4 is 10.1 Å². The van der Waals surface area contributed by atoms with Gasteiger partial charge in [-0.05, 0) is 48.6 Å². The SMILES string of the molecule is O=C(NCC1(O)CCCc2ccccc21)C1Cc2cc(F)ccc2O1. The van der Waals surface area contributed by atoms with Crippen LogP contribution in [0, 0.1) is 5.82 Å². The van der Waals surface area contributed by atoms with Crippen molar-refractivity contribution in [1.82, 2.24) is 5.32 Å². The van der Waals surface area contributed by atoms with Crippen LogP contribution in [-0.4, -0.2) is 23.7 Å². The fourth-order valence-electron chi connectivity index (χ4n) is 3.79. The van der Waals surface area contributed by atoms with Gasteiger partial charge in [0.2, 0.25) is 0 Å². The lowest BCUT2D eigenvalue weighted by atomic mass is 9.79. The Morgan fingerprint density at radius 3 is 3.00 bits per heavy atom. The average molecular weight is 341 g/mol. The third-order valence-corrected chi connectivity index (χ3v) is 5.10. The highest BCUT2D eigenvalue weighted by molar-refractivity contribution is 5.82. The van der Waals surface area contributed by atoms with Crippen LogP contribution in [0.15, 0.2) is 42.5 Å². The largest absolute Gasteiger partial charge is 0.480 e. The van der Waals surface area contributed by atoms with Crippen LogP contribution in [0.5, 0.6) is 5.75 Å². The number of rotatable bonds is 3. The van der Waals surface area contributed by atoms with Crippen molar-refractivity contribution in [2.45, 2.75) is 37.4 Å². The molecule has 0 aromatic heterocycles. The summed E-state index contributed by atoms with van der Waals surface area (Å²) in [6, 6.07) is 12.1. The molecule has 5 heteroatoms. The van der Waals surface area contributed by atoms with E-state index in [4.69, 9.17) is 4.74 Å². The standard InChI is InChI=1S/C20H20FNO3/c21-15-7-8-17-14(10-15)11-18(25-17)19(23)22-12-20(24)9-3-5-13-4-1-2-6-16(13)20/h1-2,4,6-8,10,18,24H,3,5,9,11-12H2,(H,22,23). The minimum Gasteiger partial charge on any atom is -0.480 e. The van der Waals surface area contributed by atoms with Gasteiger partial charge in [-0.1, -0.05) is 24.3 Å². The first kappa shape index (κ1) is 16.1. The van der Waals surface area contributed by atoms with Crippen LogP contribution in [0.1, 0.15) is 29.5 Å². The maximum Gasteiger partial charge on any atom is 0.261 e. The number of nitrogens with one attached hydrogen (secondary N) is 1. The van der Waals surface area contributed by atoms with Crippen LogP contribution in [0.4, 0.5) is 4.39 Å². The molecule has 1 amide bonds. The highest BCUT2D eigenvalue weighted by atomic mass is 19.1. The highest BCUT2D eigenvalue weighted by Gasteiger charge is 2.36. The number of benzene rings is 2. The molecule has 0 saturated carbocycles. The predicted molar refractivity (Wildman–Crippen MR) is 90.8 cm³/mol. The number of aryl methyl sites for hydroxylation is 1. The van der Waals surface area contributed by atoms with Gasteiger partial charge in [-0.2, -0.15) is 0 Å². The van der Waals surface area contributed by atoms with E-state index < -0.39 is 11.7 Å². The average Bonchev–Trinajstić information content (AvgIpc) is 3.03. The molecule has 0 bridgehead atoms. The monoisotopic (exact) mass is 341 g/mol. The van der Waals surface area contributed by atoms with Crippen molar-refractivity contribution in [2.24, 2.45) is 0 Å². The summed E-state index contributed by atoms with van der Waals surface area (Å²) < 4.78 is 18.9. The summed E-state index contributed by atoms with van der Waals surface area (Å²) in [6.45, 7) is 0.146. The lowest BCUT2D eigenvalue weighted by molar-refractivity contribution is -0.128. The second-order valence-electron chi connectivity index (χ2n) is 6.82. The Balaban J connectivity index is 1.43. The third kappa shape index (κ3) is 3.00. The fraction of sp³-hybridized carbons (Fsp3) is 0.350. The molecule has 0 fully saturated rings. The van der Waals surface area contributed by atoms with E-state index in [0.717, 1.165) is 24.0 Å². The molecular formula is C20H20FNO3. The molecule has 2 aliphatic rings. The fourth-order valence-corrected chi connectivity index (χ4v) is 3.79. The highest BCUT2D eigenvalue weighted by Crippen LogP contribution is 2.35. The summed E-state index contributed by atoms with van der Waals surface area (Å²) in [6.07, 6.45) is 2.10. The molecule has 0 saturated heterocycles. The van der Waals surface area contributed by atoms with E-state index >= 15 is 0 Å². The van der Waals surface area contributed by atoms with Crippen molar-refractivity contribution in [3.63, 3.8) is 0 Å². The molecule has 130 valence electrons. The van der Waals surface area contributed by atoms with Gasteiger partial charge in [-0.3, -0.25) is 4.79 Å². The van der Waals surface area contributed by atoms with E-state index in [1.54, 1.807) is 6.07 Å². The molecule has 0 radical (unpaired) electrons. The van der Waals surface area contributed by atoms with E-state index in [0.29, 0.717) is 24.2 Å². The Morgan fingerprint density at radius 1 is 1.28 bits per heavy atom. The summed E-state index contributed by atoms with van der Waals surface area (Å²) in [5.74, 6) is -0.0760. The van der Waals surface area contributed by atoms with Gasteiger partial charge in [-0.15, -0.1) is 0 Å². The number of hydrogen-bond acceptors (Lipinski definition) is 3. The quantitative estimate of drug-likeness (QED) is 0.902. The number of aliphatic hydroxyl groups is 1. The first-order valence-electron chi connectivity index (χ1n) is 8.59. The second kappa shape index (κ2) is 6.15. The zero-order chi connectivity index (χ0) is 17.4. The normalized spacial score (nSPS) is 24.2. The first-order valence-corrected chi connectivity index (χ1v) is 8.59. The molecule has 2 unspecified atom stereocenters. The van der Waals surface area contributed by atoms with E-state index in [-0.39, 0.29) is 18.3 Å². The maximum atomic E-state index is 13.3. The molecule has 2 aromatic carbocycles. The van der Waals surface area contributed by atoms with Gasteiger partial charge in [-0.25, -0.2) is 4.39 Å². The zero-order valence-electron chi connectivity index (χ0n) is 13.8. The Kier molecular flexibility index (Phi) is 3.96. The van der Waals surface area contributed by atoms with Crippen molar-refractivity contribution in [1.29, 1.82) is 0 Å². The first-order chi connectivity index (χ1) is 12.0. The molecule has 2 atom stereocenters. The molecule has 0 spiro atoms. The summed E-state index contributed by atoms with van der Waals surface area (Å²) in [4.78, 5) is 12.5. The van der Waals surface area contributed by atoms with Crippen LogP contribution >= 0.6 is 0 Å². The van der Waals surface area contributed by atoms with E-state index in [1.165, 1.54) is 12.1 Å². The van der Waals surface area contributed by atoms with Crippen molar-refractivity contribution in [2.75, 3.05) is 6.54 Å². The van der Waals surface area contributed by atoms with Crippen molar-refractivity contribution >= 4 is 5.91 Å². The Bertz CT molecular complexity index is 822. The lowest BCUT2D eigenvalue weighted by Gasteiger charge is -2.34. The van der Waals surface area contributed by atoms with Crippen LogP contribution in [0.25, 0.3) is 0 Å². The maximum absolute atomic E-state index is 13.3. The van der Waals surface area contributed by atoms with Gasteiger partial charge in [0.05, 0.1) is 6.54 Å². The molecule has 1 heterocycles. The second-order valence-corrected chi connectivity index (χ2v) is 6.82. The number of ether oxygens (including phenoxy) is 1. The van der Waals surface area contributed by atoms with E-state index in [2.05, 4.69) is 5.32 Å². The number of carbonyl (C=O) groups excluding carboxylic acids is 1. The van der Waals surface area contributed by atoms with Gasteiger partial charge in [0.25, 0.3) is 5.91 Å². The van der Waals surface area contributed by atoms with Crippen LogP contribution in [0.3, 0.4) is 0 Å². The molecule has 2 aromatic rings. The lowest BCUT2D eigenvalue weighted by Crippen LogP contribution is -2.46.